The highest BCUT2D eigenvalue weighted by molar-refractivity contribution is 5.79. The van der Waals surface area contributed by atoms with E-state index in [0.29, 0.717) is 12.0 Å². The Balaban J connectivity index is 2.38. The van der Waals surface area contributed by atoms with Gasteiger partial charge in [-0.1, -0.05) is 20.8 Å². The molecular formula is C13H26N6. The molecule has 1 heterocycles. The van der Waals surface area contributed by atoms with Crippen LogP contribution in [0.2, 0.25) is 0 Å². The Bertz CT molecular complexity index is 396. The predicted octanol–water partition coefficient (Wildman–Crippen LogP) is 1.05. The monoisotopic (exact) mass is 266 g/mol. The minimum Gasteiger partial charge on any atom is -0.355 e. The van der Waals surface area contributed by atoms with Gasteiger partial charge in [0.1, 0.15) is 12.2 Å². The van der Waals surface area contributed by atoms with Gasteiger partial charge in [-0.15, -0.1) is 10.2 Å². The van der Waals surface area contributed by atoms with Crippen LogP contribution in [0.4, 0.5) is 0 Å². The first-order chi connectivity index (χ1) is 9.08. The Morgan fingerprint density at radius 3 is 2.74 bits per heavy atom. The summed E-state index contributed by atoms with van der Waals surface area (Å²) in [5, 5.41) is 14.7. The van der Waals surface area contributed by atoms with Crippen LogP contribution in [-0.2, 0) is 13.0 Å². The Labute approximate surface area is 115 Å². The molecule has 1 aromatic rings. The van der Waals surface area contributed by atoms with Gasteiger partial charge < -0.3 is 15.2 Å². The lowest BCUT2D eigenvalue weighted by Crippen LogP contribution is -2.45. The molecule has 108 valence electrons. The largest absolute Gasteiger partial charge is 0.355 e. The summed E-state index contributed by atoms with van der Waals surface area (Å²) in [6, 6.07) is 0.396. The summed E-state index contributed by atoms with van der Waals surface area (Å²) in [5.74, 6) is 2.43. The SMILES string of the molecule is CCc1nncn1CCNC(=NC)NC(C)C(C)C. The van der Waals surface area contributed by atoms with E-state index in [9.17, 15) is 0 Å². The first-order valence-corrected chi connectivity index (χ1v) is 6.92. The van der Waals surface area contributed by atoms with Gasteiger partial charge in [0.15, 0.2) is 5.96 Å². The smallest absolute Gasteiger partial charge is 0.191 e. The number of hydrogen-bond acceptors (Lipinski definition) is 3. The Kier molecular flexibility index (Phi) is 6.32. The number of nitrogens with one attached hydrogen (secondary N) is 2. The van der Waals surface area contributed by atoms with E-state index in [1.807, 2.05) is 0 Å². The molecule has 1 rings (SSSR count). The van der Waals surface area contributed by atoms with Crippen molar-refractivity contribution in [2.45, 2.75) is 46.7 Å². The van der Waals surface area contributed by atoms with Gasteiger partial charge >= 0.3 is 0 Å². The summed E-state index contributed by atoms with van der Waals surface area (Å²) in [6.07, 6.45) is 2.67. The van der Waals surface area contributed by atoms with E-state index >= 15 is 0 Å². The molecule has 0 aliphatic carbocycles. The number of aryl methyl sites for hydroxylation is 1. The summed E-state index contributed by atoms with van der Waals surface area (Å²) in [7, 11) is 1.79. The number of nitrogens with zero attached hydrogens (tertiary/aromatic N) is 4. The summed E-state index contributed by atoms with van der Waals surface area (Å²) < 4.78 is 2.06. The average Bonchev–Trinajstić information content (AvgIpc) is 2.84. The second kappa shape index (κ2) is 7.76. The molecule has 0 amide bonds. The molecule has 0 radical (unpaired) electrons. The number of aliphatic imine (C=N–C) groups is 1. The van der Waals surface area contributed by atoms with Crippen LogP contribution in [0, 0.1) is 5.92 Å². The summed E-state index contributed by atoms with van der Waals surface area (Å²) in [5.41, 5.74) is 0. The van der Waals surface area contributed by atoms with Gasteiger partial charge in [0.05, 0.1) is 0 Å². The van der Waals surface area contributed by atoms with Gasteiger partial charge in [0.25, 0.3) is 0 Å². The van der Waals surface area contributed by atoms with Crippen LogP contribution in [0.3, 0.4) is 0 Å². The van der Waals surface area contributed by atoms with Crippen molar-refractivity contribution in [3.8, 4) is 0 Å². The standard InChI is InChI=1S/C13H26N6/c1-6-12-18-16-9-19(12)8-7-15-13(14-5)17-11(4)10(2)3/h9-11H,6-8H2,1-5H3,(H2,14,15,17). The van der Waals surface area contributed by atoms with Crippen LogP contribution in [0.15, 0.2) is 11.3 Å². The van der Waals surface area contributed by atoms with Crippen molar-refractivity contribution in [3.63, 3.8) is 0 Å². The highest BCUT2D eigenvalue weighted by Gasteiger charge is 2.08. The van der Waals surface area contributed by atoms with E-state index in [2.05, 4.69) is 58.1 Å². The molecule has 1 atom stereocenters. The molecule has 0 spiro atoms. The Morgan fingerprint density at radius 1 is 1.42 bits per heavy atom. The van der Waals surface area contributed by atoms with E-state index in [1.54, 1.807) is 13.4 Å². The van der Waals surface area contributed by atoms with E-state index in [1.165, 1.54) is 0 Å². The number of guanidine groups is 1. The highest BCUT2D eigenvalue weighted by atomic mass is 15.3. The van der Waals surface area contributed by atoms with Crippen LogP contribution in [0.25, 0.3) is 0 Å². The zero-order valence-electron chi connectivity index (χ0n) is 12.6. The molecule has 0 aliphatic heterocycles. The van der Waals surface area contributed by atoms with Crippen LogP contribution in [-0.4, -0.2) is 40.4 Å². The molecule has 0 saturated heterocycles. The maximum Gasteiger partial charge on any atom is 0.191 e. The molecule has 0 saturated carbocycles. The normalized spacial score (nSPS) is 13.7. The van der Waals surface area contributed by atoms with Gasteiger partial charge in [-0.2, -0.15) is 0 Å². The van der Waals surface area contributed by atoms with Gasteiger partial charge in [0, 0.05) is 32.6 Å². The lowest BCUT2D eigenvalue weighted by molar-refractivity contribution is 0.479. The number of aromatic nitrogens is 3. The molecule has 1 aromatic heterocycles. The molecule has 6 heteroatoms. The van der Waals surface area contributed by atoms with Gasteiger partial charge in [-0.25, -0.2) is 0 Å². The predicted molar refractivity (Wildman–Crippen MR) is 78.2 cm³/mol. The molecule has 0 bridgehead atoms. The van der Waals surface area contributed by atoms with E-state index in [0.717, 1.165) is 31.3 Å². The molecule has 19 heavy (non-hydrogen) atoms. The third kappa shape index (κ3) is 4.89. The molecule has 0 aliphatic rings. The maximum absolute atomic E-state index is 4.23. The van der Waals surface area contributed by atoms with Gasteiger partial charge in [-0.3, -0.25) is 4.99 Å². The topological polar surface area (TPSA) is 67.1 Å². The van der Waals surface area contributed by atoms with E-state index < -0.39 is 0 Å². The molecule has 6 nitrogen and oxygen atoms in total. The average molecular weight is 266 g/mol. The van der Waals surface area contributed by atoms with Crippen molar-refractivity contribution in [1.82, 2.24) is 25.4 Å². The van der Waals surface area contributed by atoms with Crippen molar-refractivity contribution in [2.75, 3.05) is 13.6 Å². The first kappa shape index (κ1) is 15.5. The van der Waals surface area contributed by atoms with Crippen LogP contribution >= 0.6 is 0 Å². The van der Waals surface area contributed by atoms with Gasteiger partial charge in [0.2, 0.25) is 0 Å². The zero-order chi connectivity index (χ0) is 14.3. The van der Waals surface area contributed by atoms with Crippen molar-refractivity contribution in [1.29, 1.82) is 0 Å². The zero-order valence-corrected chi connectivity index (χ0v) is 12.6. The van der Waals surface area contributed by atoms with Crippen LogP contribution in [0.5, 0.6) is 0 Å². The van der Waals surface area contributed by atoms with E-state index in [-0.39, 0.29) is 0 Å². The van der Waals surface area contributed by atoms with Crippen molar-refractivity contribution < 1.29 is 0 Å². The highest BCUT2D eigenvalue weighted by Crippen LogP contribution is 1.99. The molecular weight excluding hydrogens is 240 g/mol. The molecule has 1 unspecified atom stereocenters. The summed E-state index contributed by atoms with van der Waals surface area (Å²) in [6.45, 7) is 10.3. The summed E-state index contributed by atoms with van der Waals surface area (Å²) in [4.78, 5) is 4.23. The lowest BCUT2D eigenvalue weighted by Gasteiger charge is -2.20. The van der Waals surface area contributed by atoms with Crippen molar-refractivity contribution in [2.24, 2.45) is 10.9 Å². The molecule has 2 N–H and O–H groups in total. The fraction of sp³-hybridized carbons (Fsp3) is 0.769. The van der Waals surface area contributed by atoms with Crippen molar-refractivity contribution in [3.05, 3.63) is 12.2 Å². The molecule has 0 fully saturated rings. The second-order valence-electron chi connectivity index (χ2n) is 4.97. The number of rotatable bonds is 6. The quantitative estimate of drug-likeness (QED) is 0.596. The molecule has 0 aromatic carbocycles. The number of hydrogen-bond donors (Lipinski definition) is 2. The minimum absolute atomic E-state index is 0.396. The third-order valence-electron chi connectivity index (χ3n) is 3.25. The van der Waals surface area contributed by atoms with Crippen LogP contribution in [0.1, 0.15) is 33.5 Å². The Morgan fingerprint density at radius 2 is 2.16 bits per heavy atom. The third-order valence-corrected chi connectivity index (χ3v) is 3.25. The van der Waals surface area contributed by atoms with E-state index in [4.69, 9.17) is 0 Å². The van der Waals surface area contributed by atoms with Gasteiger partial charge in [-0.05, 0) is 12.8 Å². The summed E-state index contributed by atoms with van der Waals surface area (Å²) >= 11 is 0. The maximum atomic E-state index is 4.23. The minimum atomic E-state index is 0.396. The Hall–Kier alpha value is -1.59. The first-order valence-electron chi connectivity index (χ1n) is 6.92. The fourth-order valence-electron chi connectivity index (χ4n) is 1.61. The van der Waals surface area contributed by atoms with Crippen LogP contribution < -0.4 is 10.6 Å². The fourth-order valence-corrected chi connectivity index (χ4v) is 1.61. The lowest BCUT2D eigenvalue weighted by atomic mass is 10.1. The second-order valence-corrected chi connectivity index (χ2v) is 4.97. The van der Waals surface area contributed by atoms with Crippen molar-refractivity contribution >= 4 is 5.96 Å².